The third kappa shape index (κ3) is 11.0. The molecule has 0 unspecified atom stereocenters. The smallest absolute Gasteiger partial charge is 0.309 e. The van der Waals surface area contributed by atoms with Gasteiger partial charge in [-0.25, -0.2) is 0 Å². The zero-order chi connectivity index (χ0) is 16.0. The van der Waals surface area contributed by atoms with Gasteiger partial charge in [0.1, 0.15) is 11.9 Å². The van der Waals surface area contributed by atoms with Crippen LogP contribution >= 0.6 is 0 Å². The van der Waals surface area contributed by atoms with Gasteiger partial charge in [0, 0.05) is 5.92 Å². The highest BCUT2D eigenvalue weighted by atomic mass is 16.6. The van der Waals surface area contributed by atoms with Crippen molar-refractivity contribution in [1.29, 1.82) is 0 Å². The summed E-state index contributed by atoms with van der Waals surface area (Å²) in [5.41, 5.74) is -0.904. The minimum Gasteiger partial charge on any atom is -0.460 e. The molecule has 1 fully saturated rings. The van der Waals surface area contributed by atoms with E-state index in [1.807, 2.05) is 20.8 Å². The summed E-state index contributed by atoms with van der Waals surface area (Å²) < 4.78 is 5.32. The lowest BCUT2D eigenvalue weighted by Crippen LogP contribution is -2.31. The number of aldehydes is 1. The summed E-state index contributed by atoms with van der Waals surface area (Å²) in [6, 6.07) is 0. The zero-order valence-electron chi connectivity index (χ0n) is 13.7. The third-order valence-corrected chi connectivity index (χ3v) is 2.70. The number of ether oxygens (including phenoxy) is 1. The maximum atomic E-state index is 11.7. The van der Waals surface area contributed by atoms with Crippen molar-refractivity contribution >= 4 is 12.3 Å². The van der Waals surface area contributed by atoms with Crippen molar-refractivity contribution < 1.29 is 19.4 Å². The van der Waals surface area contributed by atoms with Gasteiger partial charge >= 0.3 is 5.97 Å². The molecule has 1 saturated carbocycles. The Morgan fingerprint density at radius 2 is 1.45 bits per heavy atom. The Labute approximate surface area is 122 Å². The van der Waals surface area contributed by atoms with E-state index in [2.05, 4.69) is 0 Å². The van der Waals surface area contributed by atoms with E-state index in [1.54, 1.807) is 20.8 Å². The maximum absolute atomic E-state index is 11.7. The summed E-state index contributed by atoms with van der Waals surface area (Å²) in [6.07, 6.45) is 4.24. The molecule has 0 heterocycles. The van der Waals surface area contributed by atoms with E-state index >= 15 is 0 Å². The van der Waals surface area contributed by atoms with Crippen LogP contribution in [0.15, 0.2) is 0 Å². The van der Waals surface area contributed by atoms with Gasteiger partial charge in [0.2, 0.25) is 0 Å². The van der Waals surface area contributed by atoms with Crippen LogP contribution in [0.5, 0.6) is 0 Å². The quantitative estimate of drug-likeness (QED) is 0.626. The summed E-state index contributed by atoms with van der Waals surface area (Å²) in [4.78, 5) is 22.2. The van der Waals surface area contributed by atoms with Gasteiger partial charge in [0.25, 0.3) is 0 Å². The van der Waals surface area contributed by atoms with E-state index in [0.717, 1.165) is 32.0 Å². The van der Waals surface area contributed by atoms with Crippen LogP contribution in [-0.4, -0.2) is 28.6 Å². The van der Waals surface area contributed by atoms with Crippen LogP contribution in [0.25, 0.3) is 0 Å². The Balaban J connectivity index is 0.000000621. The SMILES string of the molecule is CC(C)(C)O.CC(C)(C)OC(=O)C1CCC(C=O)CC1. The highest BCUT2D eigenvalue weighted by Gasteiger charge is 2.29. The molecule has 0 aliphatic heterocycles. The Kier molecular flexibility index (Phi) is 7.42. The average Bonchev–Trinajstić information content (AvgIpc) is 2.24. The molecule has 0 bridgehead atoms. The molecular weight excluding hydrogens is 256 g/mol. The highest BCUT2D eigenvalue weighted by Crippen LogP contribution is 2.29. The van der Waals surface area contributed by atoms with E-state index in [4.69, 9.17) is 9.84 Å². The molecule has 0 spiro atoms. The Morgan fingerprint density at radius 1 is 1.05 bits per heavy atom. The minimum atomic E-state index is -0.500. The fourth-order valence-electron chi connectivity index (χ4n) is 1.88. The summed E-state index contributed by atoms with van der Waals surface area (Å²) in [6.45, 7) is 10.9. The second kappa shape index (κ2) is 7.77. The number of esters is 1. The molecule has 20 heavy (non-hydrogen) atoms. The van der Waals surface area contributed by atoms with Crippen molar-refractivity contribution in [3.05, 3.63) is 0 Å². The average molecular weight is 286 g/mol. The Hall–Kier alpha value is -0.900. The Bertz CT molecular complexity index is 295. The molecule has 0 radical (unpaired) electrons. The van der Waals surface area contributed by atoms with Crippen molar-refractivity contribution in [3.8, 4) is 0 Å². The van der Waals surface area contributed by atoms with Gasteiger partial charge < -0.3 is 14.6 Å². The summed E-state index contributed by atoms with van der Waals surface area (Å²) >= 11 is 0. The molecule has 0 amide bonds. The van der Waals surface area contributed by atoms with E-state index in [9.17, 15) is 9.59 Å². The first-order chi connectivity index (χ1) is 8.92. The van der Waals surface area contributed by atoms with Gasteiger partial charge in [-0.2, -0.15) is 0 Å². The first kappa shape index (κ1) is 19.1. The molecule has 0 saturated heterocycles. The van der Waals surface area contributed by atoms with E-state index in [1.165, 1.54) is 0 Å². The number of hydrogen-bond donors (Lipinski definition) is 1. The van der Waals surface area contributed by atoms with Crippen molar-refractivity contribution in [2.24, 2.45) is 11.8 Å². The molecule has 4 nitrogen and oxygen atoms in total. The normalized spacial score (nSPS) is 23.4. The molecule has 118 valence electrons. The van der Waals surface area contributed by atoms with Crippen LogP contribution in [0.1, 0.15) is 67.2 Å². The van der Waals surface area contributed by atoms with E-state index in [0.29, 0.717) is 0 Å². The molecule has 0 atom stereocenters. The first-order valence-corrected chi connectivity index (χ1v) is 7.33. The van der Waals surface area contributed by atoms with Gasteiger partial charge in [0.05, 0.1) is 11.5 Å². The van der Waals surface area contributed by atoms with Gasteiger partial charge in [-0.1, -0.05) is 0 Å². The van der Waals surface area contributed by atoms with Crippen molar-refractivity contribution in [1.82, 2.24) is 0 Å². The predicted octanol–water partition coefficient (Wildman–Crippen LogP) is 3.11. The van der Waals surface area contributed by atoms with Crippen LogP contribution in [0, 0.1) is 11.8 Å². The van der Waals surface area contributed by atoms with Crippen LogP contribution in [0.2, 0.25) is 0 Å². The molecule has 1 aliphatic carbocycles. The lowest BCUT2D eigenvalue weighted by atomic mass is 9.83. The molecule has 1 N–H and O–H groups in total. The molecular formula is C16H30O4. The van der Waals surface area contributed by atoms with Crippen molar-refractivity contribution in [2.45, 2.75) is 78.4 Å². The Morgan fingerprint density at radius 3 is 1.75 bits per heavy atom. The molecule has 0 aromatic heterocycles. The lowest BCUT2D eigenvalue weighted by molar-refractivity contribution is -0.161. The molecule has 0 aromatic carbocycles. The predicted molar refractivity (Wildman–Crippen MR) is 79.3 cm³/mol. The van der Waals surface area contributed by atoms with Gasteiger partial charge in [-0.3, -0.25) is 4.79 Å². The molecule has 4 heteroatoms. The van der Waals surface area contributed by atoms with Gasteiger partial charge in [0.15, 0.2) is 0 Å². The fourth-order valence-corrected chi connectivity index (χ4v) is 1.88. The standard InChI is InChI=1S/C12H20O3.C4H10O/c1-12(2,3)15-11(14)10-6-4-9(8-13)5-7-10;1-4(2,3)5/h8-10H,4-7H2,1-3H3;5H,1-3H3. The lowest BCUT2D eigenvalue weighted by Gasteiger charge is -2.27. The summed E-state index contributed by atoms with van der Waals surface area (Å²) in [5, 5.41) is 8.52. The monoisotopic (exact) mass is 286 g/mol. The number of carbonyl (C=O) groups is 2. The summed E-state index contributed by atoms with van der Waals surface area (Å²) in [5.74, 6) is 0.0518. The fraction of sp³-hybridized carbons (Fsp3) is 0.875. The number of aliphatic hydroxyl groups is 1. The molecule has 1 rings (SSSR count). The van der Waals surface area contributed by atoms with Crippen LogP contribution in [0.3, 0.4) is 0 Å². The third-order valence-electron chi connectivity index (χ3n) is 2.70. The topological polar surface area (TPSA) is 63.6 Å². The van der Waals surface area contributed by atoms with Crippen LogP contribution in [-0.2, 0) is 14.3 Å². The minimum absolute atomic E-state index is 0.000394. The van der Waals surface area contributed by atoms with Crippen molar-refractivity contribution in [3.63, 3.8) is 0 Å². The highest BCUT2D eigenvalue weighted by molar-refractivity contribution is 5.73. The zero-order valence-corrected chi connectivity index (χ0v) is 13.7. The van der Waals surface area contributed by atoms with E-state index in [-0.39, 0.29) is 17.8 Å². The second-order valence-corrected chi connectivity index (χ2v) is 7.45. The number of carbonyl (C=O) groups excluding carboxylic acids is 2. The number of hydrogen-bond acceptors (Lipinski definition) is 4. The van der Waals surface area contributed by atoms with Gasteiger partial charge in [-0.05, 0) is 67.2 Å². The second-order valence-electron chi connectivity index (χ2n) is 7.45. The van der Waals surface area contributed by atoms with Crippen molar-refractivity contribution in [2.75, 3.05) is 0 Å². The van der Waals surface area contributed by atoms with Gasteiger partial charge in [-0.15, -0.1) is 0 Å². The first-order valence-electron chi connectivity index (χ1n) is 7.33. The molecule has 0 aromatic rings. The molecule has 1 aliphatic rings. The number of rotatable bonds is 2. The van der Waals surface area contributed by atoms with E-state index < -0.39 is 11.2 Å². The maximum Gasteiger partial charge on any atom is 0.309 e. The van der Waals surface area contributed by atoms with Crippen LogP contribution in [0.4, 0.5) is 0 Å². The van der Waals surface area contributed by atoms with Crippen LogP contribution < -0.4 is 0 Å². The summed E-state index contributed by atoms with van der Waals surface area (Å²) in [7, 11) is 0. The largest absolute Gasteiger partial charge is 0.460 e.